The molecular weight excluding hydrogens is 491 g/mol. The van der Waals surface area contributed by atoms with Crippen molar-refractivity contribution in [1.29, 1.82) is 0 Å². The molecular formula is C25H22Cl2N4O2S. The van der Waals surface area contributed by atoms with E-state index in [2.05, 4.69) is 46.5 Å². The fourth-order valence-corrected chi connectivity index (χ4v) is 4.17. The number of halogens is 2. The summed E-state index contributed by atoms with van der Waals surface area (Å²) in [7, 11) is 1.60. The first-order chi connectivity index (χ1) is 16.5. The Morgan fingerprint density at radius 1 is 0.971 bits per heavy atom. The lowest BCUT2D eigenvalue weighted by Crippen LogP contribution is -1.99. The van der Waals surface area contributed by atoms with Crippen molar-refractivity contribution >= 4 is 41.2 Å². The number of ether oxygens (including phenoxy) is 2. The van der Waals surface area contributed by atoms with E-state index in [0.717, 1.165) is 16.9 Å². The highest BCUT2D eigenvalue weighted by molar-refractivity contribution is 7.98. The minimum absolute atomic E-state index is 0.336. The SMILES string of the molecule is COc1cc(/C=N/n2cnnc2SCc2ccc(C)cc2)ccc1OCc1ccc(Cl)c(Cl)c1. The fraction of sp³-hybridized carbons (Fsp3) is 0.160. The first-order valence-corrected chi connectivity index (χ1v) is 12.1. The zero-order valence-electron chi connectivity index (χ0n) is 18.6. The van der Waals surface area contributed by atoms with E-state index in [1.54, 1.807) is 48.2 Å². The van der Waals surface area contributed by atoms with Gasteiger partial charge in [-0.2, -0.15) is 9.78 Å². The van der Waals surface area contributed by atoms with Crippen LogP contribution in [-0.4, -0.2) is 28.2 Å². The summed E-state index contributed by atoms with van der Waals surface area (Å²) in [6.07, 6.45) is 3.31. The Bertz CT molecular complexity index is 1290. The third-order valence-corrected chi connectivity index (χ3v) is 6.63. The predicted octanol–water partition coefficient (Wildman–Crippen LogP) is 6.66. The molecule has 0 N–H and O–H groups in total. The second-order valence-electron chi connectivity index (χ2n) is 7.42. The average molecular weight is 513 g/mol. The summed E-state index contributed by atoms with van der Waals surface area (Å²) in [5.74, 6) is 2.00. The van der Waals surface area contributed by atoms with Crippen LogP contribution >= 0.6 is 35.0 Å². The molecule has 0 saturated heterocycles. The van der Waals surface area contributed by atoms with Crippen molar-refractivity contribution < 1.29 is 9.47 Å². The van der Waals surface area contributed by atoms with Gasteiger partial charge in [0, 0.05) is 5.75 Å². The summed E-state index contributed by atoms with van der Waals surface area (Å²) in [6.45, 7) is 2.41. The number of benzene rings is 3. The molecule has 0 amide bonds. The van der Waals surface area contributed by atoms with Gasteiger partial charge < -0.3 is 9.47 Å². The minimum Gasteiger partial charge on any atom is -0.493 e. The molecule has 0 aliphatic carbocycles. The standard InChI is InChI=1S/C25H22Cl2N4O2S/c1-17-3-5-18(6-4-17)15-34-25-30-28-16-31(25)29-13-19-8-10-23(24(12-19)32-2)33-14-20-7-9-21(26)22(27)11-20/h3-13,16H,14-15H2,1-2H3/b29-13+. The second-order valence-corrected chi connectivity index (χ2v) is 9.18. The Morgan fingerprint density at radius 3 is 2.53 bits per heavy atom. The normalized spacial score (nSPS) is 11.2. The van der Waals surface area contributed by atoms with Gasteiger partial charge in [-0.15, -0.1) is 10.2 Å². The maximum atomic E-state index is 6.08. The molecule has 0 unspecified atom stereocenters. The third kappa shape index (κ3) is 6.32. The molecule has 1 aromatic heterocycles. The summed E-state index contributed by atoms with van der Waals surface area (Å²) in [5.41, 5.74) is 4.21. The van der Waals surface area contributed by atoms with E-state index >= 15 is 0 Å². The first-order valence-electron chi connectivity index (χ1n) is 10.4. The molecule has 0 aliphatic rings. The van der Waals surface area contributed by atoms with Gasteiger partial charge in [0.1, 0.15) is 12.9 Å². The Morgan fingerprint density at radius 2 is 1.76 bits per heavy atom. The van der Waals surface area contributed by atoms with Gasteiger partial charge in [-0.05, 0) is 53.9 Å². The lowest BCUT2D eigenvalue weighted by molar-refractivity contribution is 0.284. The van der Waals surface area contributed by atoms with Crippen molar-refractivity contribution in [1.82, 2.24) is 14.9 Å². The van der Waals surface area contributed by atoms with E-state index in [1.807, 2.05) is 24.3 Å². The molecule has 0 spiro atoms. The first kappa shape index (κ1) is 24.1. The lowest BCUT2D eigenvalue weighted by Gasteiger charge is -2.12. The van der Waals surface area contributed by atoms with Gasteiger partial charge in [-0.3, -0.25) is 0 Å². The minimum atomic E-state index is 0.336. The summed E-state index contributed by atoms with van der Waals surface area (Å²) >= 11 is 13.6. The van der Waals surface area contributed by atoms with Crippen LogP contribution in [0.5, 0.6) is 11.5 Å². The zero-order chi connectivity index (χ0) is 23.9. The van der Waals surface area contributed by atoms with E-state index in [4.69, 9.17) is 32.7 Å². The van der Waals surface area contributed by atoms with Gasteiger partial charge in [0.05, 0.1) is 23.4 Å². The molecule has 0 aliphatic heterocycles. The predicted molar refractivity (Wildman–Crippen MR) is 138 cm³/mol. The maximum absolute atomic E-state index is 6.08. The monoisotopic (exact) mass is 512 g/mol. The number of aryl methyl sites for hydroxylation is 1. The van der Waals surface area contributed by atoms with Crippen LogP contribution < -0.4 is 9.47 Å². The van der Waals surface area contributed by atoms with Crippen molar-refractivity contribution in [3.63, 3.8) is 0 Å². The Hall–Kier alpha value is -3.00. The van der Waals surface area contributed by atoms with Crippen LogP contribution in [0.3, 0.4) is 0 Å². The molecule has 174 valence electrons. The van der Waals surface area contributed by atoms with Crippen molar-refractivity contribution in [3.8, 4) is 11.5 Å². The molecule has 9 heteroatoms. The molecule has 4 aromatic rings. The third-order valence-electron chi connectivity index (χ3n) is 4.89. The summed E-state index contributed by atoms with van der Waals surface area (Å²) in [5, 5.41) is 14.4. The molecule has 4 rings (SSSR count). The molecule has 0 saturated carbocycles. The van der Waals surface area contributed by atoms with Crippen molar-refractivity contribution in [3.05, 3.63) is 99.3 Å². The van der Waals surface area contributed by atoms with Gasteiger partial charge in [-0.25, -0.2) is 0 Å². The van der Waals surface area contributed by atoms with Gasteiger partial charge in [0.25, 0.3) is 0 Å². The quantitative estimate of drug-likeness (QED) is 0.185. The van der Waals surface area contributed by atoms with Crippen molar-refractivity contribution in [2.24, 2.45) is 5.10 Å². The Kier molecular flexibility index (Phi) is 8.11. The van der Waals surface area contributed by atoms with Gasteiger partial charge in [0.15, 0.2) is 11.5 Å². The number of rotatable bonds is 9. The smallest absolute Gasteiger partial charge is 0.212 e. The topological polar surface area (TPSA) is 61.5 Å². The van der Waals surface area contributed by atoms with Crippen LogP contribution in [0.15, 0.2) is 77.2 Å². The molecule has 34 heavy (non-hydrogen) atoms. The van der Waals surface area contributed by atoms with Gasteiger partial charge in [-0.1, -0.05) is 70.9 Å². The lowest BCUT2D eigenvalue weighted by atomic mass is 10.2. The van der Waals surface area contributed by atoms with E-state index in [9.17, 15) is 0 Å². The van der Waals surface area contributed by atoms with Crippen LogP contribution in [0.2, 0.25) is 10.0 Å². The van der Waals surface area contributed by atoms with Gasteiger partial charge in [0.2, 0.25) is 5.16 Å². The Labute approximate surface area is 212 Å². The molecule has 1 heterocycles. The number of aromatic nitrogens is 3. The average Bonchev–Trinajstić information content (AvgIpc) is 3.30. The second kappa shape index (κ2) is 11.4. The number of nitrogens with zero attached hydrogens (tertiary/aromatic N) is 4. The number of hydrogen-bond acceptors (Lipinski definition) is 6. The molecule has 3 aromatic carbocycles. The summed E-state index contributed by atoms with van der Waals surface area (Å²) in [4.78, 5) is 0. The fourth-order valence-electron chi connectivity index (χ4n) is 3.03. The van der Waals surface area contributed by atoms with Crippen molar-refractivity contribution in [2.45, 2.75) is 24.4 Å². The number of hydrogen-bond donors (Lipinski definition) is 0. The highest BCUT2D eigenvalue weighted by Crippen LogP contribution is 2.29. The van der Waals surface area contributed by atoms with Crippen LogP contribution in [0, 0.1) is 6.92 Å². The van der Waals surface area contributed by atoms with E-state index in [1.165, 1.54) is 11.1 Å². The largest absolute Gasteiger partial charge is 0.493 e. The zero-order valence-corrected chi connectivity index (χ0v) is 20.9. The summed E-state index contributed by atoms with van der Waals surface area (Å²) < 4.78 is 13.1. The van der Waals surface area contributed by atoms with E-state index < -0.39 is 0 Å². The molecule has 6 nitrogen and oxygen atoms in total. The maximum Gasteiger partial charge on any atom is 0.212 e. The van der Waals surface area contributed by atoms with Crippen LogP contribution in [0.25, 0.3) is 0 Å². The molecule has 0 bridgehead atoms. The highest BCUT2D eigenvalue weighted by atomic mass is 35.5. The van der Waals surface area contributed by atoms with Gasteiger partial charge >= 0.3 is 0 Å². The molecule has 0 fully saturated rings. The Balaban J connectivity index is 1.41. The number of thioether (sulfide) groups is 1. The van der Waals surface area contributed by atoms with Crippen molar-refractivity contribution in [2.75, 3.05) is 7.11 Å². The van der Waals surface area contributed by atoms with Crippen LogP contribution in [0.4, 0.5) is 0 Å². The number of methoxy groups -OCH3 is 1. The summed E-state index contributed by atoms with van der Waals surface area (Å²) in [6, 6.07) is 19.4. The van der Waals surface area contributed by atoms with Crippen LogP contribution in [-0.2, 0) is 12.4 Å². The highest BCUT2D eigenvalue weighted by Gasteiger charge is 2.08. The van der Waals surface area contributed by atoms with E-state index in [0.29, 0.717) is 33.3 Å². The molecule has 0 atom stereocenters. The van der Waals surface area contributed by atoms with Crippen LogP contribution in [0.1, 0.15) is 22.3 Å². The van der Waals surface area contributed by atoms with E-state index in [-0.39, 0.29) is 0 Å². The molecule has 0 radical (unpaired) electrons.